The number of halogens is 2. The minimum absolute atomic E-state index is 0.106. The van der Waals surface area contributed by atoms with Gasteiger partial charge in [-0.3, -0.25) is 10.7 Å². The molecule has 1 aliphatic rings. The van der Waals surface area contributed by atoms with Crippen LogP contribution in [0, 0.1) is 5.41 Å². The Hall–Kier alpha value is -0.740. The largest absolute Gasteiger partial charge is 0.325 e. The Bertz CT molecular complexity index is 231. The lowest BCUT2D eigenvalue weighted by Crippen LogP contribution is -2.21. The van der Waals surface area contributed by atoms with E-state index in [4.69, 9.17) is 28.6 Å². The number of amides is 2. The van der Waals surface area contributed by atoms with Gasteiger partial charge in [-0.1, -0.05) is 23.2 Å². The quantitative estimate of drug-likeness (QED) is 0.509. The van der Waals surface area contributed by atoms with Crippen LogP contribution in [0.2, 0.25) is 0 Å². The molecule has 0 aromatic rings. The molecule has 0 aromatic carbocycles. The van der Waals surface area contributed by atoms with Crippen LogP contribution in [-0.4, -0.2) is 11.9 Å². The van der Waals surface area contributed by atoms with Crippen LogP contribution in [0.25, 0.3) is 0 Å². The number of hydrogen-bond acceptors (Lipinski definition) is 2. The number of rotatable bonds is 0. The summed E-state index contributed by atoms with van der Waals surface area (Å²) in [5.41, 5.74) is 0.119. The van der Waals surface area contributed by atoms with Gasteiger partial charge in [0.25, 0.3) is 0 Å². The van der Waals surface area contributed by atoms with E-state index in [2.05, 4.69) is 10.6 Å². The van der Waals surface area contributed by atoms with Crippen LogP contribution in [0.5, 0.6) is 0 Å². The van der Waals surface area contributed by atoms with Crippen molar-refractivity contribution in [3.8, 4) is 0 Å². The van der Waals surface area contributed by atoms with E-state index in [0.29, 0.717) is 0 Å². The van der Waals surface area contributed by atoms with Gasteiger partial charge in [0.05, 0.1) is 0 Å². The minimum Gasteiger partial charge on any atom is -0.302 e. The molecule has 0 atom stereocenters. The lowest BCUT2D eigenvalue weighted by atomic mass is 10.5. The van der Waals surface area contributed by atoms with Crippen LogP contribution in [-0.2, 0) is 0 Å². The van der Waals surface area contributed by atoms with Crippen molar-refractivity contribution in [1.82, 2.24) is 10.6 Å². The van der Waals surface area contributed by atoms with Crippen LogP contribution >= 0.6 is 23.2 Å². The molecule has 1 fully saturated rings. The molecular weight excluding hydrogens is 177 g/mol. The Morgan fingerprint density at radius 1 is 1.40 bits per heavy atom. The monoisotopic (exact) mass is 179 g/mol. The third kappa shape index (κ3) is 1.22. The predicted molar refractivity (Wildman–Crippen MR) is 38.1 cm³/mol. The zero-order chi connectivity index (χ0) is 7.72. The lowest BCUT2D eigenvalue weighted by Gasteiger charge is -1.91. The summed E-state index contributed by atoms with van der Waals surface area (Å²) in [6.45, 7) is 0. The van der Waals surface area contributed by atoms with Gasteiger partial charge in [0.15, 0.2) is 5.84 Å². The van der Waals surface area contributed by atoms with E-state index in [9.17, 15) is 4.79 Å². The van der Waals surface area contributed by atoms with E-state index in [1.54, 1.807) is 0 Å². The number of amidine groups is 1. The van der Waals surface area contributed by atoms with Gasteiger partial charge in [-0.2, -0.15) is 0 Å². The van der Waals surface area contributed by atoms with E-state index in [1.807, 2.05) is 0 Å². The fourth-order valence-corrected chi connectivity index (χ4v) is 0.809. The Balaban J connectivity index is 2.93. The molecule has 0 unspecified atom stereocenters. The first-order chi connectivity index (χ1) is 4.61. The topological polar surface area (TPSA) is 65.0 Å². The highest BCUT2D eigenvalue weighted by Crippen LogP contribution is 2.14. The Morgan fingerprint density at radius 2 is 2.00 bits per heavy atom. The number of carbonyl (C=O) groups is 1. The first kappa shape index (κ1) is 7.37. The zero-order valence-corrected chi connectivity index (χ0v) is 6.18. The zero-order valence-electron chi connectivity index (χ0n) is 4.66. The van der Waals surface area contributed by atoms with Crippen molar-refractivity contribution >= 4 is 35.1 Å². The van der Waals surface area contributed by atoms with Crippen molar-refractivity contribution in [1.29, 1.82) is 5.41 Å². The summed E-state index contributed by atoms with van der Waals surface area (Å²) in [6.07, 6.45) is 0. The third-order valence-electron chi connectivity index (χ3n) is 0.916. The van der Waals surface area contributed by atoms with Gasteiger partial charge in [0.1, 0.15) is 10.2 Å². The molecule has 1 aliphatic heterocycles. The number of urea groups is 1. The van der Waals surface area contributed by atoms with Crippen molar-refractivity contribution in [2.24, 2.45) is 0 Å². The maximum atomic E-state index is 10.5. The number of nitrogens with one attached hydrogen (secondary N) is 3. The molecule has 0 aliphatic carbocycles. The van der Waals surface area contributed by atoms with Crippen molar-refractivity contribution in [3.63, 3.8) is 0 Å². The van der Waals surface area contributed by atoms with Crippen molar-refractivity contribution in [2.75, 3.05) is 0 Å². The Kier molecular flexibility index (Phi) is 1.82. The van der Waals surface area contributed by atoms with Gasteiger partial charge in [-0.05, 0) is 0 Å². The summed E-state index contributed by atoms with van der Waals surface area (Å²) in [4.78, 5) is 10.5. The van der Waals surface area contributed by atoms with Gasteiger partial charge >= 0.3 is 6.03 Å². The van der Waals surface area contributed by atoms with Gasteiger partial charge < -0.3 is 5.32 Å². The van der Waals surface area contributed by atoms with E-state index in [-0.39, 0.29) is 16.0 Å². The molecule has 3 N–H and O–H groups in total. The van der Waals surface area contributed by atoms with Gasteiger partial charge in [0, 0.05) is 0 Å². The van der Waals surface area contributed by atoms with Crippen LogP contribution in [0.4, 0.5) is 4.79 Å². The second-order valence-corrected chi connectivity index (χ2v) is 2.54. The average molecular weight is 180 g/mol. The maximum absolute atomic E-state index is 10.5. The summed E-state index contributed by atoms with van der Waals surface area (Å²) in [6, 6.07) is -0.487. The molecule has 0 saturated carbocycles. The molecule has 0 radical (unpaired) electrons. The molecule has 4 nitrogen and oxygen atoms in total. The Labute approximate surface area is 66.7 Å². The first-order valence-corrected chi connectivity index (χ1v) is 3.09. The average Bonchev–Trinajstić information content (AvgIpc) is 2.10. The van der Waals surface area contributed by atoms with Crippen molar-refractivity contribution in [2.45, 2.75) is 0 Å². The summed E-state index contributed by atoms with van der Waals surface area (Å²) in [7, 11) is 0. The highest BCUT2D eigenvalue weighted by molar-refractivity contribution is 6.57. The predicted octanol–water partition coefficient (Wildman–Crippen LogP) is 0.923. The minimum atomic E-state index is -0.487. The first-order valence-electron chi connectivity index (χ1n) is 2.33. The highest BCUT2D eigenvalue weighted by atomic mass is 35.5. The van der Waals surface area contributed by atoms with Gasteiger partial charge in [-0.15, -0.1) is 0 Å². The molecule has 0 aromatic heterocycles. The third-order valence-corrected chi connectivity index (χ3v) is 1.29. The SMILES string of the molecule is N=C1NC(=O)NC1=C(Cl)Cl. The number of carbonyl (C=O) groups excluding carboxylic acids is 1. The smallest absolute Gasteiger partial charge is 0.302 e. The van der Waals surface area contributed by atoms with Crippen LogP contribution < -0.4 is 10.6 Å². The molecule has 1 rings (SSSR count). The number of hydrogen-bond donors (Lipinski definition) is 3. The molecule has 1 heterocycles. The fourth-order valence-electron chi connectivity index (χ4n) is 0.525. The van der Waals surface area contributed by atoms with Gasteiger partial charge in [-0.25, -0.2) is 4.79 Å². The molecule has 2 amide bonds. The van der Waals surface area contributed by atoms with Crippen molar-refractivity contribution in [3.05, 3.63) is 10.2 Å². The van der Waals surface area contributed by atoms with E-state index in [1.165, 1.54) is 0 Å². The lowest BCUT2D eigenvalue weighted by molar-refractivity contribution is 0.250. The fraction of sp³-hybridized carbons (Fsp3) is 0. The van der Waals surface area contributed by atoms with Gasteiger partial charge in [0.2, 0.25) is 0 Å². The highest BCUT2D eigenvalue weighted by Gasteiger charge is 2.21. The molecule has 6 heteroatoms. The second kappa shape index (κ2) is 2.48. The van der Waals surface area contributed by atoms with E-state index >= 15 is 0 Å². The molecular formula is C4H3Cl2N3O. The summed E-state index contributed by atoms with van der Waals surface area (Å²) >= 11 is 10.6. The van der Waals surface area contributed by atoms with E-state index < -0.39 is 6.03 Å². The summed E-state index contributed by atoms with van der Waals surface area (Å²) in [5, 5.41) is 11.4. The standard InChI is InChI=1S/C4H3Cl2N3O/c5-2(6)1-3(7)9-4(10)8-1/h(H3,7,8,9,10). The summed E-state index contributed by atoms with van der Waals surface area (Å²) < 4.78 is -0.122. The molecule has 0 spiro atoms. The molecule has 54 valence electrons. The van der Waals surface area contributed by atoms with Crippen LogP contribution in [0.15, 0.2) is 10.2 Å². The molecule has 10 heavy (non-hydrogen) atoms. The summed E-state index contributed by atoms with van der Waals surface area (Å²) in [5.74, 6) is -0.106. The maximum Gasteiger partial charge on any atom is 0.325 e. The molecule has 1 saturated heterocycles. The molecule has 0 bridgehead atoms. The van der Waals surface area contributed by atoms with E-state index in [0.717, 1.165) is 0 Å². The van der Waals surface area contributed by atoms with Crippen LogP contribution in [0.1, 0.15) is 0 Å². The second-order valence-electron chi connectivity index (χ2n) is 1.59. The Morgan fingerprint density at radius 3 is 2.20 bits per heavy atom. The normalized spacial score (nSPS) is 16.8. The van der Waals surface area contributed by atoms with Crippen molar-refractivity contribution < 1.29 is 4.79 Å². The van der Waals surface area contributed by atoms with Crippen LogP contribution in [0.3, 0.4) is 0 Å².